The van der Waals surface area contributed by atoms with Gasteiger partial charge in [0.25, 0.3) is 5.91 Å². The molecule has 1 aliphatic rings. The molecule has 3 rings (SSSR count). The molecule has 1 saturated heterocycles. The van der Waals surface area contributed by atoms with E-state index >= 15 is 0 Å². The molecule has 0 unspecified atom stereocenters. The molecule has 2 N–H and O–H groups in total. The van der Waals surface area contributed by atoms with Crippen LogP contribution in [0, 0.1) is 0 Å². The van der Waals surface area contributed by atoms with Gasteiger partial charge in [-0.3, -0.25) is 14.5 Å². The molecule has 12 heteroatoms. The van der Waals surface area contributed by atoms with Gasteiger partial charge in [-0.05, 0) is 49.5 Å². The summed E-state index contributed by atoms with van der Waals surface area (Å²) in [7, 11) is 0. The van der Waals surface area contributed by atoms with Gasteiger partial charge in [0.2, 0.25) is 11.9 Å². The molecule has 0 saturated carbocycles. The summed E-state index contributed by atoms with van der Waals surface area (Å²) in [5.41, 5.74) is 0.709. The highest BCUT2D eigenvalue weighted by Crippen LogP contribution is 2.32. The molecule has 2 aromatic rings. The summed E-state index contributed by atoms with van der Waals surface area (Å²) in [5.74, 6) is -2.64. The van der Waals surface area contributed by atoms with Gasteiger partial charge in [-0.15, -0.1) is 13.2 Å². The van der Waals surface area contributed by atoms with E-state index in [1.807, 2.05) is 0 Å². The lowest BCUT2D eigenvalue weighted by Gasteiger charge is -2.26. The van der Waals surface area contributed by atoms with Crippen molar-refractivity contribution in [3.63, 3.8) is 0 Å². The predicted molar refractivity (Wildman–Crippen MR) is 136 cm³/mol. The lowest BCUT2D eigenvalue weighted by molar-refractivity contribution is -0.274. The molecular formula is C26H26F4N4O4. The number of morpholine rings is 1. The molecule has 0 aromatic heterocycles. The van der Waals surface area contributed by atoms with Crippen LogP contribution in [0.5, 0.6) is 5.75 Å². The van der Waals surface area contributed by atoms with Crippen molar-refractivity contribution >= 4 is 35.5 Å². The topological polar surface area (TPSA) is 92.3 Å². The van der Waals surface area contributed by atoms with Crippen LogP contribution in [-0.4, -0.2) is 62.6 Å². The van der Waals surface area contributed by atoms with Crippen LogP contribution in [0.25, 0.3) is 5.57 Å². The number of rotatable bonds is 9. The number of amides is 2. The third kappa shape index (κ3) is 8.25. The fourth-order valence-corrected chi connectivity index (χ4v) is 3.61. The van der Waals surface area contributed by atoms with Crippen LogP contribution in [0.4, 0.5) is 28.9 Å². The standard InChI is InChI=1S/C26H26F4N4O4/c1-3-4-20(24(27)31-2)17-5-8-19(9-6-17)32-25(36)18-7-10-22(38-26(28,29)30)21(15-18)33-23(35)16-34-11-13-37-14-12-34/h3-10,15H,2,11-14,16H2,1H3,(H,32,36)(H,33,35)/b4-3-,24-20+. The molecule has 1 fully saturated rings. The third-order valence-corrected chi connectivity index (χ3v) is 5.36. The number of ether oxygens (including phenoxy) is 2. The van der Waals surface area contributed by atoms with E-state index in [4.69, 9.17) is 4.74 Å². The summed E-state index contributed by atoms with van der Waals surface area (Å²) >= 11 is 0. The molecule has 1 aliphatic heterocycles. The highest BCUT2D eigenvalue weighted by atomic mass is 19.4. The van der Waals surface area contributed by atoms with E-state index in [0.717, 1.165) is 18.2 Å². The summed E-state index contributed by atoms with van der Waals surface area (Å²) < 4.78 is 62.0. The molecular weight excluding hydrogens is 508 g/mol. The van der Waals surface area contributed by atoms with E-state index in [1.54, 1.807) is 30.0 Å². The summed E-state index contributed by atoms with van der Waals surface area (Å²) in [5, 5.41) is 5.01. The number of carbonyl (C=O) groups is 2. The van der Waals surface area contributed by atoms with Crippen molar-refractivity contribution in [2.75, 3.05) is 43.5 Å². The van der Waals surface area contributed by atoms with E-state index in [9.17, 15) is 27.2 Å². The van der Waals surface area contributed by atoms with Crippen molar-refractivity contribution in [3.05, 3.63) is 71.7 Å². The fraction of sp³-hybridized carbons (Fsp3) is 0.269. The number of allylic oxidation sites excluding steroid dienone is 3. The summed E-state index contributed by atoms with van der Waals surface area (Å²) in [6.45, 7) is 6.73. The smallest absolute Gasteiger partial charge is 0.404 e. The summed E-state index contributed by atoms with van der Waals surface area (Å²) in [6, 6.07) is 9.37. The maximum atomic E-state index is 14.0. The molecule has 2 aromatic carbocycles. The van der Waals surface area contributed by atoms with Crippen molar-refractivity contribution in [2.24, 2.45) is 4.99 Å². The summed E-state index contributed by atoms with van der Waals surface area (Å²) in [6.07, 6.45) is -1.84. The first-order chi connectivity index (χ1) is 18.1. The molecule has 0 spiro atoms. The van der Waals surface area contributed by atoms with Gasteiger partial charge in [0.05, 0.1) is 25.4 Å². The Morgan fingerprint density at radius 2 is 1.76 bits per heavy atom. The van der Waals surface area contributed by atoms with Gasteiger partial charge < -0.3 is 20.1 Å². The predicted octanol–water partition coefficient (Wildman–Crippen LogP) is 5.02. The maximum absolute atomic E-state index is 14.0. The van der Waals surface area contributed by atoms with Gasteiger partial charge in [-0.2, -0.15) is 4.39 Å². The Bertz CT molecular complexity index is 1220. The Kier molecular flexibility index (Phi) is 9.74. The number of hydrogen-bond acceptors (Lipinski definition) is 6. The molecule has 0 atom stereocenters. The van der Waals surface area contributed by atoms with Crippen LogP contribution >= 0.6 is 0 Å². The second-order valence-electron chi connectivity index (χ2n) is 8.09. The van der Waals surface area contributed by atoms with E-state index in [0.29, 0.717) is 37.6 Å². The fourth-order valence-electron chi connectivity index (χ4n) is 3.61. The number of anilines is 2. The van der Waals surface area contributed by atoms with E-state index in [2.05, 4.69) is 27.1 Å². The highest BCUT2D eigenvalue weighted by Gasteiger charge is 2.32. The van der Waals surface area contributed by atoms with E-state index in [1.165, 1.54) is 18.2 Å². The zero-order valence-corrected chi connectivity index (χ0v) is 20.5. The van der Waals surface area contributed by atoms with Crippen LogP contribution < -0.4 is 15.4 Å². The molecule has 0 radical (unpaired) electrons. The quantitative estimate of drug-likeness (QED) is 0.204. The van der Waals surface area contributed by atoms with Crippen LogP contribution in [0.15, 0.2) is 65.6 Å². The third-order valence-electron chi connectivity index (χ3n) is 5.36. The van der Waals surface area contributed by atoms with Gasteiger partial charge in [-0.1, -0.05) is 24.3 Å². The first-order valence-corrected chi connectivity index (χ1v) is 11.5. The first-order valence-electron chi connectivity index (χ1n) is 11.5. The molecule has 8 nitrogen and oxygen atoms in total. The zero-order chi connectivity index (χ0) is 27.7. The molecule has 2 amide bonds. The second kappa shape index (κ2) is 13.0. The van der Waals surface area contributed by atoms with Crippen molar-refractivity contribution in [1.29, 1.82) is 0 Å². The van der Waals surface area contributed by atoms with Gasteiger partial charge >= 0.3 is 6.36 Å². The zero-order valence-electron chi connectivity index (χ0n) is 20.5. The van der Waals surface area contributed by atoms with Gasteiger partial charge in [0.1, 0.15) is 0 Å². The van der Waals surface area contributed by atoms with Crippen molar-refractivity contribution in [1.82, 2.24) is 4.90 Å². The maximum Gasteiger partial charge on any atom is 0.573 e. The normalized spacial score (nSPS) is 15.1. The first kappa shape index (κ1) is 28.5. The largest absolute Gasteiger partial charge is 0.573 e. The molecule has 0 aliphatic carbocycles. The minimum atomic E-state index is -5.00. The van der Waals surface area contributed by atoms with Gasteiger partial charge in [0.15, 0.2) is 5.75 Å². The lowest BCUT2D eigenvalue weighted by atomic mass is 10.1. The molecule has 202 valence electrons. The number of alkyl halides is 3. The number of halogens is 4. The second-order valence-corrected chi connectivity index (χ2v) is 8.09. The van der Waals surface area contributed by atoms with Crippen LogP contribution in [0.1, 0.15) is 22.8 Å². The molecule has 38 heavy (non-hydrogen) atoms. The number of nitrogens with one attached hydrogen (secondary N) is 2. The van der Waals surface area contributed by atoms with Crippen LogP contribution in [0.3, 0.4) is 0 Å². The number of hydrogen-bond donors (Lipinski definition) is 2. The van der Waals surface area contributed by atoms with E-state index < -0.39 is 29.9 Å². The molecule has 1 heterocycles. The van der Waals surface area contributed by atoms with Crippen LogP contribution in [0.2, 0.25) is 0 Å². The van der Waals surface area contributed by atoms with Crippen molar-refractivity contribution in [3.8, 4) is 5.75 Å². The average Bonchev–Trinajstić information content (AvgIpc) is 2.88. The van der Waals surface area contributed by atoms with Gasteiger partial charge in [-0.25, -0.2) is 4.99 Å². The Morgan fingerprint density at radius 3 is 2.37 bits per heavy atom. The minimum Gasteiger partial charge on any atom is -0.404 e. The summed E-state index contributed by atoms with van der Waals surface area (Å²) in [4.78, 5) is 30.4. The van der Waals surface area contributed by atoms with Crippen molar-refractivity contribution < 1.29 is 36.6 Å². The molecule has 0 bridgehead atoms. The lowest BCUT2D eigenvalue weighted by Crippen LogP contribution is -2.41. The minimum absolute atomic E-state index is 0.0262. The average molecular weight is 535 g/mol. The van der Waals surface area contributed by atoms with Gasteiger partial charge in [0, 0.05) is 29.9 Å². The Labute approximate surface area is 216 Å². The van der Waals surface area contributed by atoms with Crippen LogP contribution in [-0.2, 0) is 9.53 Å². The SMILES string of the molecule is C=N/C(F)=C(\C=C/C)c1ccc(NC(=O)c2ccc(OC(F)(F)F)c(NC(=O)CN3CCOCC3)c2)cc1. The van der Waals surface area contributed by atoms with Crippen molar-refractivity contribution in [2.45, 2.75) is 13.3 Å². The van der Waals surface area contributed by atoms with E-state index in [-0.39, 0.29) is 23.4 Å². The Morgan fingerprint density at radius 1 is 1.11 bits per heavy atom. The number of aliphatic imine (C=N–C) groups is 1. The highest BCUT2D eigenvalue weighted by molar-refractivity contribution is 6.06. The Hall–Kier alpha value is -4.03. The number of benzene rings is 2. The number of carbonyl (C=O) groups excluding carboxylic acids is 2. The Balaban J connectivity index is 1.78. The number of nitrogens with zero attached hydrogens (tertiary/aromatic N) is 2. The monoisotopic (exact) mass is 534 g/mol.